The number of sulfonamides is 1. The molecular formula is C20H22N2O4S. The molecule has 7 heteroatoms. The van der Waals surface area contributed by atoms with Gasteiger partial charge in [-0.3, -0.25) is 4.79 Å². The van der Waals surface area contributed by atoms with Gasteiger partial charge >= 0.3 is 0 Å². The average Bonchev–Trinajstić information content (AvgIpc) is 3.01. The first kappa shape index (κ1) is 18.2. The number of amides is 1. The molecule has 27 heavy (non-hydrogen) atoms. The number of hydrogen-bond acceptors (Lipinski definition) is 4. The second-order valence-electron chi connectivity index (χ2n) is 7.60. The molecule has 1 amide bonds. The first-order valence-corrected chi connectivity index (χ1v) is 10.3. The highest BCUT2D eigenvalue weighted by atomic mass is 32.2. The van der Waals surface area contributed by atoms with E-state index < -0.39 is 15.6 Å². The fraction of sp³-hybridized carbons (Fsp3) is 0.350. The summed E-state index contributed by atoms with van der Waals surface area (Å²) >= 11 is 0. The van der Waals surface area contributed by atoms with Crippen LogP contribution in [-0.2, 0) is 26.0 Å². The lowest BCUT2D eigenvalue weighted by atomic mass is 10.0. The summed E-state index contributed by atoms with van der Waals surface area (Å²) in [5.74, 6) is -0.115. The predicted octanol–water partition coefficient (Wildman–Crippen LogP) is 2.72. The Labute approximate surface area is 159 Å². The van der Waals surface area contributed by atoms with Crippen LogP contribution in [0.2, 0.25) is 0 Å². The summed E-state index contributed by atoms with van der Waals surface area (Å²) in [6.07, 6.45) is -0.107. The molecule has 2 aromatic carbocycles. The van der Waals surface area contributed by atoms with Gasteiger partial charge in [-0.1, -0.05) is 30.3 Å². The minimum Gasteiger partial charge on any atom is -0.370 e. The maximum Gasteiger partial charge on any atom is 0.243 e. The van der Waals surface area contributed by atoms with E-state index in [0.29, 0.717) is 17.9 Å². The van der Waals surface area contributed by atoms with Crippen molar-refractivity contribution in [3.63, 3.8) is 0 Å². The lowest BCUT2D eigenvalue weighted by Gasteiger charge is -2.44. The number of carbonyl (C=O) groups excluding carboxylic acids is 1. The molecule has 1 N–H and O–H groups in total. The summed E-state index contributed by atoms with van der Waals surface area (Å²) in [5, 5.41) is 2.73. The summed E-state index contributed by atoms with van der Waals surface area (Å²) in [5.41, 5.74) is 1.68. The minimum atomic E-state index is -3.74. The number of fused-ring (bicyclic) bond motifs is 1. The van der Waals surface area contributed by atoms with Crippen LogP contribution in [0.3, 0.4) is 0 Å². The number of nitrogens with zero attached hydrogens (tertiary/aromatic N) is 1. The van der Waals surface area contributed by atoms with E-state index in [-0.39, 0.29) is 29.9 Å². The van der Waals surface area contributed by atoms with Crippen LogP contribution in [0.1, 0.15) is 31.1 Å². The Morgan fingerprint density at radius 2 is 1.89 bits per heavy atom. The largest absolute Gasteiger partial charge is 0.370 e. The Balaban J connectivity index is 1.68. The molecule has 2 aliphatic rings. The van der Waals surface area contributed by atoms with Crippen LogP contribution in [0.15, 0.2) is 53.4 Å². The van der Waals surface area contributed by atoms with Crippen molar-refractivity contribution in [3.05, 3.63) is 59.7 Å². The smallest absolute Gasteiger partial charge is 0.243 e. The van der Waals surface area contributed by atoms with E-state index in [1.54, 1.807) is 18.2 Å². The van der Waals surface area contributed by atoms with Crippen molar-refractivity contribution < 1.29 is 17.9 Å². The van der Waals surface area contributed by atoms with Crippen molar-refractivity contribution in [2.24, 2.45) is 0 Å². The normalized spacial score (nSPS) is 22.3. The maximum atomic E-state index is 13.4. The number of benzene rings is 2. The van der Waals surface area contributed by atoms with Crippen LogP contribution in [0.25, 0.3) is 0 Å². The molecule has 6 nitrogen and oxygen atoms in total. The quantitative estimate of drug-likeness (QED) is 0.880. The van der Waals surface area contributed by atoms with Gasteiger partial charge < -0.3 is 10.1 Å². The minimum absolute atomic E-state index is 0.115. The highest BCUT2D eigenvalue weighted by Gasteiger charge is 2.43. The van der Waals surface area contributed by atoms with Gasteiger partial charge in [0.1, 0.15) is 0 Å². The van der Waals surface area contributed by atoms with Gasteiger partial charge in [0.25, 0.3) is 0 Å². The summed E-state index contributed by atoms with van der Waals surface area (Å²) < 4.78 is 34.3. The SMILES string of the molecule is CC1(C)COC(c2ccccc2)CN1S(=O)(=O)c1ccc2c(c1)CC(=O)N2. The number of carbonyl (C=O) groups is 1. The standard InChI is InChI=1S/C20H22N2O4S/c1-20(2)13-26-18(14-6-4-3-5-7-14)12-22(20)27(24,25)16-8-9-17-15(10-16)11-19(23)21-17/h3-10,18H,11-13H2,1-2H3,(H,21,23). The Morgan fingerprint density at radius 1 is 1.15 bits per heavy atom. The molecule has 4 rings (SSSR count). The highest BCUT2D eigenvalue weighted by Crippen LogP contribution is 2.36. The Hall–Kier alpha value is -2.22. The molecule has 2 heterocycles. The maximum absolute atomic E-state index is 13.4. The second-order valence-corrected chi connectivity index (χ2v) is 9.47. The molecule has 142 valence electrons. The van der Waals surface area contributed by atoms with E-state index in [2.05, 4.69) is 5.32 Å². The Bertz CT molecular complexity index is 986. The van der Waals surface area contributed by atoms with E-state index in [1.807, 2.05) is 44.2 Å². The van der Waals surface area contributed by atoms with E-state index in [1.165, 1.54) is 4.31 Å². The topological polar surface area (TPSA) is 75.7 Å². The molecule has 2 aromatic rings. The first-order chi connectivity index (χ1) is 12.8. The zero-order valence-electron chi connectivity index (χ0n) is 15.3. The van der Waals surface area contributed by atoms with Gasteiger partial charge in [-0.25, -0.2) is 8.42 Å². The molecule has 0 bridgehead atoms. The van der Waals surface area contributed by atoms with Gasteiger partial charge in [-0.05, 0) is 43.2 Å². The molecule has 0 saturated carbocycles. The zero-order chi connectivity index (χ0) is 19.2. The van der Waals surface area contributed by atoms with Crippen LogP contribution in [0.4, 0.5) is 5.69 Å². The van der Waals surface area contributed by atoms with Crippen molar-refractivity contribution in [1.82, 2.24) is 4.31 Å². The van der Waals surface area contributed by atoms with Crippen LogP contribution in [0, 0.1) is 0 Å². The fourth-order valence-corrected chi connectivity index (χ4v) is 5.43. The van der Waals surface area contributed by atoms with Gasteiger partial charge in [0.15, 0.2) is 0 Å². The van der Waals surface area contributed by atoms with E-state index >= 15 is 0 Å². The summed E-state index contributed by atoms with van der Waals surface area (Å²) in [6.45, 7) is 4.28. The van der Waals surface area contributed by atoms with Crippen molar-refractivity contribution in [3.8, 4) is 0 Å². The Kier molecular flexibility index (Phi) is 4.33. The van der Waals surface area contributed by atoms with Gasteiger partial charge in [-0.15, -0.1) is 0 Å². The third-order valence-electron chi connectivity index (χ3n) is 5.11. The van der Waals surface area contributed by atoms with Crippen molar-refractivity contribution in [1.29, 1.82) is 0 Å². The fourth-order valence-electron chi connectivity index (χ4n) is 3.61. The average molecular weight is 386 g/mol. The summed E-state index contributed by atoms with van der Waals surface area (Å²) in [6, 6.07) is 14.5. The zero-order valence-corrected chi connectivity index (χ0v) is 16.1. The molecular weight excluding hydrogens is 364 g/mol. The molecule has 0 aliphatic carbocycles. The van der Waals surface area contributed by atoms with Crippen molar-refractivity contribution in [2.45, 2.75) is 36.8 Å². The predicted molar refractivity (Wildman–Crippen MR) is 102 cm³/mol. The van der Waals surface area contributed by atoms with Gasteiger partial charge in [0, 0.05) is 12.2 Å². The van der Waals surface area contributed by atoms with E-state index in [9.17, 15) is 13.2 Å². The molecule has 0 aromatic heterocycles. The molecule has 1 fully saturated rings. The van der Waals surface area contributed by atoms with Crippen LogP contribution >= 0.6 is 0 Å². The van der Waals surface area contributed by atoms with Crippen molar-refractivity contribution in [2.75, 3.05) is 18.5 Å². The number of rotatable bonds is 3. The number of morpholine rings is 1. The third kappa shape index (κ3) is 3.26. The highest BCUT2D eigenvalue weighted by molar-refractivity contribution is 7.89. The third-order valence-corrected chi connectivity index (χ3v) is 7.18. The van der Waals surface area contributed by atoms with Crippen LogP contribution < -0.4 is 5.32 Å². The van der Waals surface area contributed by atoms with E-state index in [0.717, 1.165) is 5.56 Å². The molecule has 1 atom stereocenters. The number of ether oxygens (including phenoxy) is 1. The lowest BCUT2D eigenvalue weighted by molar-refractivity contribution is -0.115. The van der Waals surface area contributed by atoms with E-state index in [4.69, 9.17) is 4.74 Å². The molecule has 0 spiro atoms. The number of hydrogen-bond donors (Lipinski definition) is 1. The lowest BCUT2D eigenvalue weighted by Crippen LogP contribution is -2.56. The monoisotopic (exact) mass is 386 g/mol. The molecule has 2 aliphatic heterocycles. The van der Waals surface area contributed by atoms with Crippen LogP contribution in [0.5, 0.6) is 0 Å². The van der Waals surface area contributed by atoms with Gasteiger partial charge in [-0.2, -0.15) is 4.31 Å². The molecule has 1 unspecified atom stereocenters. The Morgan fingerprint density at radius 3 is 2.63 bits per heavy atom. The molecule has 1 saturated heterocycles. The first-order valence-electron chi connectivity index (χ1n) is 8.89. The number of nitrogens with one attached hydrogen (secondary N) is 1. The second kappa shape index (κ2) is 6.44. The van der Waals surface area contributed by atoms with Gasteiger partial charge in [0.05, 0.1) is 29.6 Å². The molecule has 0 radical (unpaired) electrons. The summed E-state index contributed by atoms with van der Waals surface area (Å²) in [7, 11) is -3.74. The van der Waals surface area contributed by atoms with Crippen LogP contribution in [-0.4, -0.2) is 37.3 Å². The summed E-state index contributed by atoms with van der Waals surface area (Å²) in [4.78, 5) is 11.8. The number of anilines is 1. The van der Waals surface area contributed by atoms with Gasteiger partial charge in [0.2, 0.25) is 15.9 Å². The van der Waals surface area contributed by atoms with Crippen molar-refractivity contribution >= 4 is 21.6 Å².